The number of nitrogens with one attached hydrogen (secondary N) is 1. The normalized spacial score (nSPS) is 15.2. The molecule has 0 spiro atoms. The van der Waals surface area contributed by atoms with Gasteiger partial charge in [0.15, 0.2) is 5.25 Å². The molecule has 0 heterocycles. The molecule has 0 amide bonds. The highest BCUT2D eigenvalue weighted by Gasteiger charge is 2.31. The molecule has 2 unspecified atom stereocenters. The van der Waals surface area contributed by atoms with E-state index in [1.807, 2.05) is 6.07 Å². The summed E-state index contributed by atoms with van der Waals surface area (Å²) >= 11 is 0. The molecule has 0 aromatic heterocycles. The number of hydrogen-bond acceptors (Lipinski definition) is 5. The van der Waals surface area contributed by atoms with Crippen LogP contribution in [0.5, 0.6) is 0 Å². The number of carbonyl (C=O) groups is 1. The topological polar surface area (TPSA) is 96.3 Å². The fourth-order valence-corrected chi connectivity index (χ4v) is 2.12. The lowest BCUT2D eigenvalue weighted by molar-refractivity contribution is -0.139. The van der Waals surface area contributed by atoms with Gasteiger partial charge in [-0.1, -0.05) is 13.8 Å². The third-order valence-electron chi connectivity index (χ3n) is 2.10. The largest absolute Gasteiger partial charge is 0.468 e. The summed E-state index contributed by atoms with van der Waals surface area (Å²) in [6.07, 6.45) is 0. The minimum atomic E-state index is -3.87. The Morgan fingerprint density at radius 1 is 1.38 bits per heavy atom. The van der Waals surface area contributed by atoms with Crippen molar-refractivity contribution in [3.8, 4) is 6.07 Å². The summed E-state index contributed by atoms with van der Waals surface area (Å²) in [7, 11) is -2.77. The van der Waals surface area contributed by atoms with Crippen LogP contribution >= 0.6 is 0 Å². The summed E-state index contributed by atoms with van der Waals surface area (Å²) in [5, 5.41) is 7.42. The molecule has 1 N–H and O–H groups in total. The van der Waals surface area contributed by atoms with Crippen LogP contribution in [0.4, 0.5) is 0 Å². The number of hydrogen-bond donors (Lipinski definition) is 1. The average Bonchev–Trinajstić information content (AvgIpc) is 2.23. The number of methoxy groups -OCH3 is 1. The molecular formula is C9H16N2O4S. The van der Waals surface area contributed by atoms with Crippen molar-refractivity contribution in [3.63, 3.8) is 0 Å². The van der Waals surface area contributed by atoms with E-state index < -0.39 is 27.3 Å². The Morgan fingerprint density at radius 3 is 2.19 bits per heavy atom. The average molecular weight is 248 g/mol. The van der Waals surface area contributed by atoms with Crippen LogP contribution in [0.25, 0.3) is 0 Å². The highest BCUT2D eigenvalue weighted by molar-refractivity contribution is 7.90. The molecule has 6 nitrogen and oxygen atoms in total. The van der Waals surface area contributed by atoms with E-state index >= 15 is 0 Å². The second-order valence-corrected chi connectivity index (χ2v) is 5.71. The van der Waals surface area contributed by atoms with E-state index in [0.29, 0.717) is 0 Å². The molecule has 0 fully saturated rings. The van der Waals surface area contributed by atoms with Crippen LogP contribution in [0, 0.1) is 17.2 Å². The van der Waals surface area contributed by atoms with Gasteiger partial charge < -0.3 is 4.74 Å². The van der Waals surface area contributed by atoms with Gasteiger partial charge in [0.1, 0.15) is 6.04 Å². The molecule has 0 aromatic carbocycles. The zero-order valence-corrected chi connectivity index (χ0v) is 10.5. The summed E-state index contributed by atoms with van der Waals surface area (Å²) < 4.78 is 29.8. The Balaban J connectivity index is 4.83. The highest BCUT2D eigenvalue weighted by atomic mass is 32.2. The van der Waals surface area contributed by atoms with E-state index in [1.165, 1.54) is 6.92 Å². The Kier molecular flexibility index (Phi) is 5.41. The fraction of sp³-hybridized carbons (Fsp3) is 0.778. The predicted octanol–water partition coefficient (Wildman–Crippen LogP) is 0.0155. The van der Waals surface area contributed by atoms with Gasteiger partial charge in [-0.25, -0.2) is 8.42 Å². The van der Waals surface area contributed by atoms with Gasteiger partial charge in [-0.2, -0.15) is 9.98 Å². The molecule has 16 heavy (non-hydrogen) atoms. The van der Waals surface area contributed by atoms with Gasteiger partial charge in [0.05, 0.1) is 13.2 Å². The van der Waals surface area contributed by atoms with Crippen LogP contribution in [0.3, 0.4) is 0 Å². The van der Waals surface area contributed by atoms with Crippen molar-refractivity contribution in [1.29, 1.82) is 5.26 Å². The van der Waals surface area contributed by atoms with Gasteiger partial charge in [-0.3, -0.25) is 4.79 Å². The number of rotatable bonds is 5. The molecule has 7 heteroatoms. The lowest BCUT2D eigenvalue weighted by Crippen LogP contribution is -2.44. The standard InChI is InChI=1S/C9H16N2O4S/c1-6(2)8(5-10)11-16(13,14)7(3)9(12)15-4/h6-8,11H,1-4H3. The summed E-state index contributed by atoms with van der Waals surface area (Å²) in [6.45, 7) is 4.63. The number of nitriles is 1. The lowest BCUT2D eigenvalue weighted by Gasteiger charge is -2.17. The second kappa shape index (κ2) is 5.82. The van der Waals surface area contributed by atoms with Gasteiger partial charge in [0, 0.05) is 0 Å². The minimum Gasteiger partial charge on any atom is -0.468 e. The Hall–Kier alpha value is -1.13. The van der Waals surface area contributed by atoms with Gasteiger partial charge in [0.2, 0.25) is 10.0 Å². The lowest BCUT2D eigenvalue weighted by atomic mass is 10.1. The van der Waals surface area contributed by atoms with Crippen molar-refractivity contribution in [2.75, 3.05) is 7.11 Å². The molecule has 0 saturated carbocycles. The molecule has 0 bridgehead atoms. The number of nitrogens with zero attached hydrogens (tertiary/aromatic N) is 1. The maximum Gasteiger partial charge on any atom is 0.325 e. The molecule has 0 saturated heterocycles. The van der Waals surface area contributed by atoms with Crippen molar-refractivity contribution < 1.29 is 17.9 Å². The summed E-state index contributed by atoms with van der Waals surface area (Å²) in [5.41, 5.74) is 0. The minimum absolute atomic E-state index is 0.176. The van der Waals surface area contributed by atoms with Crippen LogP contribution in [-0.2, 0) is 19.6 Å². The van der Waals surface area contributed by atoms with Crippen molar-refractivity contribution >= 4 is 16.0 Å². The third kappa shape index (κ3) is 3.79. The Bertz CT molecular complexity index is 383. The van der Waals surface area contributed by atoms with Crippen LogP contribution in [-0.4, -0.2) is 32.8 Å². The van der Waals surface area contributed by atoms with Crippen LogP contribution in [0.15, 0.2) is 0 Å². The van der Waals surface area contributed by atoms with Crippen LogP contribution < -0.4 is 4.72 Å². The zero-order valence-electron chi connectivity index (χ0n) is 9.72. The molecule has 92 valence electrons. The smallest absolute Gasteiger partial charge is 0.325 e. The summed E-state index contributed by atoms with van der Waals surface area (Å²) in [4.78, 5) is 11.1. The van der Waals surface area contributed by atoms with Gasteiger partial charge in [0.25, 0.3) is 0 Å². The SMILES string of the molecule is COC(=O)C(C)S(=O)(=O)NC(C#N)C(C)C. The van der Waals surface area contributed by atoms with Gasteiger partial charge in [-0.05, 0) is 12.8 Å². The van der Waals surface area contributed by atoms with E-state index in [9.17, 15) is 13.2 Å². The maximum absolute atomic E-state index is 11.6. The van der Waals surface area contributed by atoms with Crippen molar-refractivity contribution in [3.05, 3.63) is 0 Å². The van der Waals surface area contributed by atoms with Crippen LogP contribution in [0.2, 0.25) is 0 Å². The third-order valence-corrected chi connectivity index (χ3v) is 3.80. The number of esters is 1. The van der Waals surface area contributed by atoms with E-state index in [1.54, 1.807) is 13.8 Å². The molecule has 0 radical (unpaired) electrons. The summed E-state index contributed by atoms with van der Waals surface area (Å²) in [5.74, 6) is -1.03. The molecule has 0 aromatic rings. The fourth-order valence-electron chi connectivity index (χ4n) is 0.883. The quantitative estimate of drug-likeness (QED) is 0.692. The first kappa shape index (κ1) is 14.9. The molecule has 0 rings (SSSR count). The number of ether oxygens (including phenoxy) is 1. The van der Waals surface area contributed by atoms with Gasteiger partial charge in [-0.15, -0.1) is 0 Å². The molecule has 0 aliphatic heterocycles. The molecular weight excluding hydrogens is 232 g/mol. The first-order valence-corrected chi connectivity index (χ1v) is 6.29. The molecule has 0 aliphatic carbocycles. The highest BCUT2D eigenvalue weighted by Crippen LogP contribution is 2.06. The van der Waals surface area contributed by atoms with E-state index in [0.717, 1.165) is 7.11 Å². The van der Waals surface area contributed by atoms with Gasteiger partial charge >= 0.3 is 5.97 Å². The molecule has 0 aliphatic rings. The first-order chi connectivity index (χ1) is 7.26. The predicted molar refractivity (Wildman–Crippen MR) is 57.8 cm³/mol. The molecule has 2 atom stereocenters. The van der Waals surface area contributed by atoms with Crippen molar-refractivity contribution in [2.24, 2.45) is 5.92 Å². The van der Waals surface area contributed by atoms with Crippen LogP contribution in [0.1, 0.15) is 20.8 Å². The van der Waals surface area contributed by atoms with Crippen molar-refractivity contribution in [1.82, 2.24) is 4.72 Å². The number of carbonyl (C=O) groups excluding carboxylic acids is 1. The first-order valence-electron chi connectivity index (χ1n) is 4.74. The maximum atomic E-state index is 11.6. The Labute approximate surface area is 95.6 Å². The number of sulfonamides is 1. The van der Waals surface area contributed by atoms with E-state index in [-0.39, 0.29) is 5.92 Å². The zero-order chi connectivity index (χ0) is 12.9. The second-order valence-electron chi connectivity index (χ2n) is 3.68. The van der Waals surface area contributed by atoms with E-state index in [4.69, 9.17) is 5.26 Å². The summed E-state index contributed by atoms with van der Waals surface area (Å²) in [6, 6.07) is 0.977. The Morgan fingerprint density at radius 2 is 1.88 bits per heavy atom. The van der Waals surface area contributed by atoms with Crippen molar-refractivity contribution in [2.45, 2.75) is 32.1 Å². The monoisotopic (exact) mass is 248 g/mol. The van der Waals surface area contributed by atoms with E-state index in [2.05, 4.69) is 9.46 Å².